The van der Waals surface area contributed by atoms with E-state index in [1.807, 2.05) is 0 Å². The molecule has 0 saturated heterocycles. The molecule has 0 aliphatic carbocycles. The van der Waals surface area contributed by atoms with Crippen molar-refractivity contribution in [3.8, 4) is 11.5 Å². The van der Waals surface area contributed by atoms with Crippen LogP contribution < -0.4 is 15.8 Å². The van der Waals surface area contributed by atoms with Crippen molar-refractivity contribution in [3.63, 3.8) is 0 Å². The van der Waals surface area contributed by atoms with E-state index in [4.69, 9.17) is 31.1 Å². The average Bonchev–Trinajstić information content (AvgIpc) is 2.56. The van der Waals surface area contributed by atoms with Gasteiger partial charge in [0.25, 0.3) is 0 Å². The molecule has 0 amide bonds. The number of benzene rings is 2. The van der Waals surface area contributed by atoms with Gasteiger partial charge in [0.15, 0.2) is 0 Å². The van der Waals surface area contributed by atoms with Gasteiger partial charge in [0.1, 0.15) is 11.5 Å². The van der Waals surface area contributed by atoms with Crippen LogP contribution in [0.5, 0.6) is 11.5 Å². The molecule has 2 rings (SSSR count). The number of hydrogen-bond acceptors (Lipinski definition) is 5. The topological polar surface area (TPSA) is 70.8 Å². The Labute approximate surface area is 147 Å². The lowest BCUT2D eigenvalue weighted by Crippen LogP contribution is -2.13. The fourth-order valence-corrected chi connectivity index (χ4v) is 3.42. The van der Waals surface area contributed by atoms with Gasteiger partial charge in [-0.25, -0.2) is 0 Å². The van der Waals surface area contributed by atoms with Gasteiger partial charge >= 0.3 is 13.8 Å². The van der Waals surface area contributed by atoms with Gasteiger partial charge < -0.3 is 19.5 Å². The lowest BCUT2D eigenvalue weighted by atomic mass is 10.2. The fraction of sp³-hybridized carbons (Fsp3) is 0.200. The number of hydrogen-bond donors (Lipinski definition) is 1. The van der Waals surface area contributed by atoms with Crippen LogP contribution in [0.3, 0.4) is 0 Å². The summed E-state index contributed by atoms with van der Waals surface area (Å²) in [6.45, 7) is 0. The first-order valence-corrected chi connectivity index (χ1v) is 8.69. The number of nitrogens with two attached hydrogens (primary N) is 1. The first kappa shape index (κ1) is 19.6. The zero-order valence-electron chi connectivity index (χ0n) is 13.1. The molecule has 0 aliphatic rings. The second-order valence-corrected chi connectivity index (χ2v) is 7.44. The van der Waals surface area contributed by atoms with Crippen LogP contribution in [0.4, 0.5) is 18.9 Å². The molecule has 0 bridgehead atoms. The summed E-state index contributed by atoms with van der Waals surface area (Å²) in [7, 11) is -1.23. The number of alkyl halides is 3. The maximum atomic E-state index is 12.7. The third kappa shape index (κ3) is 4.27. The third-order valence-corrected chi connectivity index (χ3v) is 5.50. The molecule has 0 heterocycles. The SMILES string of the molecule is COP(=O)(OC)c1cc(Oc2ccc(C(F)(F)F)cc2Cl)ccc1N. The van der Waals surface area contributed by atoms with Gasteiger partial charge in [-0.15, -0.1) is 0 Å². The summed E-state index contributed by atoms with van der Waals surface area (Å²) < 4.78 is 65.7. The minimum absolute atomic E-state index is 0.00458. The molecule has 5 nitrogen and oxygen atoms in total. The van der Waals surface area contributed by atoms with E-state index in [2.05, 4.69) is 0 Å². The van der Waals surface area contributed by atoms with E-state index in [-0.39, 0.29) is 27.5 Å². The molecule has 2 aromatic rings. The Bertz CT molecular complexity index is 821. The summed E-state index contributed by atoms with van der Waals surface area (Å²) in [6, 6.07) is 6.86. The van der Waals surface area contributed by atoms with E-state index < -0.39 is 19.3 Å². The molecule has 0 radical (unpaired) electrons. The lowest BCUT2D eigenvalue weighted by Gasteiger charge is -2.17. The van der Waals surface area contributed by atoms with Crippen LogP contribution >= 0.6 is 19.2 Å². The normalized spacial score (nSPS) is 12.2. The number of rotatable bonds is 5. The van der Waals surface area contributed by atoms with Crippen molar-refractivity contribution >= 4 is 30.2 Å². The minimum atomic E-state index is -4.51. The van der Waals surface area contributed by atoms with Crippen LogP contribution in [0.1, 0.15) is 5.56 Å². The van der Waals surface area contributed by atoms with E-state index in [9.17, 15) is 17.7 Å². The molecule has 0 aliphatic heterocycles. The maximum absolute atomic E-state index is 12.7. The quantitative estimate of drug-likeness (QED) is 0.579. The first-order chi connectivity index (χ1) is 11.6. The molecule has 10 heteroatoms. The van der Waals surface area contributed by atoms with Crippen molar-refractivity contribution in [2.45, 2.75) is 6.18 Å². The van der Waals surface area contributed by atoms with Crippen LogP contribution in [0.15, 0.2) is 36.4 Å². The molecular weight excluding hydrogens is 382 g/mol. The highest BCUT2D eigenvalue weighted by Crippen LogP contribution is 2.47. The van der Waals surface area contributed by atoms with Gasteiger partial charge in [-0.2, -0.15) is 13.2 Å². The van der Waals surface area contributed by atoms with Gasteiger partial charge in [-0.3, -0.25) is 4.57 Å². The number of halogens is 4. The number of nitrogen functional groups attached to an aromatic ring is 1. The predicted octanol–water partition coefficient (Wildman–Crippen LogP) is 4.84. The van der Waals surface area contributed by atoms with Crippen LogP contribution in [0.2, 0.25) is 5.02 Å². The summed E-state index contributed by atoms with van der Waals surface area (Å²) in [5.41, 5.74) is 5.03. The summed E-state index contributed by atoms with van der Waals surface area (Å²) in [6.07, 6.45) is -4.51. The van der Waals surface area contributed by atoms with E-state index >= 15 is 0 Å². The highest BCUT2D eigenvalue weighted by atomic mass is 35.5. The Morgan fingerprint density at radius 3 is 2.24 bits per heavy atom. The lowest BCUT2D eigenvalue weighted by molar-refractivity contribution is -0.137. The van der Waals surface area contributed by atoms with Crippen molar-refractivity contribution in [2.24, 2.45) is 0 Å². The smallest absolute Gasteiger partial charge is 0.416 e. The Kier molecular flexibility index (Phi) is 5.68. The second kappa shape index (κ2) is 7.25. The van der Waals surface area contributed by atoms with Crippen LogP contribution in [-0.4, -0.2) is 14.2 Å². The zero-order valence-corrected chi connectivity index (χ0v) is 14.8. The molecular formula is C15H14ClF3NO4P. The molecule has 25 heavy (non-hydrogen) atoms. The Morgan fingerprint density at radius 1 is 1.08 bits per heavy atom. The van der Waals surface area contributed by atoms with Crippen LogP contribution in [-0.2, 0) is 19.8 Å². The molecule has 0 saturated carbocycles. The van der Waals surface area contributed by atoms with Gasteiger partial charge in [-0.1, -0.05) is 11.6 Å². The monoisotopic (exact) mass is 395 g/mol. The Balaban J connectivity index is 2.37. The molecule has 0 fully saturated rings. The summed E-state index contributed by atoms with van der Waals surface area (Å²) >= 11 is 5.85. The summed E-state index contributed by atoms with van der Waals surface area (Å²) in [4.78, 5) is 0. The molecule has 2 N–H and O–H groups in total. The van der Waals surface area contributed by atoms with E-state index in [1.165, 1.54) is 32.4 Å². The molecule has 136 valence electrons. The molecule has 0 unspecified atom stereocenters. The Morgan fingerprint density at radius 2 is 1.72 bits per heavy atom. The number of ether oxygens (including phenoxy) is 1. The van der Waals surface area contributed by atoms with Crippen molar-refractivity contribution in [3.05, 3.63) is 47.0 Å². The average molecular weight is 396 g/mol. The van der Waals surface area contributed by atoms with E-state index in [0.29, 0.717) is 0 Å². The van der Waals surface area contributed by atoms with Crippen molar-refractivity contribution in [1.29, 1.82) is 0 Å². The van der Waals surface area contributed by atoms with Crippen molar-refractivity contribution in [1.82, 2.24) is 0 Å². The molecule has 2 aromatic carbocycles. The largest absolute Gasteiger partial charge is 0.456 e. The maximum Gasteiger partial charge on any atom is 0.416 e. The fourth-order valence-electron chi connectivity index (χ4n) is 1.98. The van der Waals surface area contributed by atoms with Gasteiger partial charge in [0.05, 0.1) is 15.9 Å². The highest BCUT2D eigenvalue weighted by Gasteiger charge is 2.31. The highest BCUT2D eigenvalue weighted by molar-refractivity contribution is 7.62. The zero-order chi connectivity index (χ0) is 18.8. The van der Waals surface area contributed by atoms with E-state index in [1.54, 1.807) is 0 Å². The van der Waals surface area contributed by atoms with Crippen molar-refractivity contribution in [2.75, 3.05) is 20.0 Å². The second-order valence-electron chi connectivity index (χ2n) is 4.83. The van der Waals surface area contributed by atoms with Gasteiger partial charge in [-0.05, 0) is 36.4 Å². The summed E-state index contributed by atoms with van der Waals surface area (Å²) in [5, 5.41) is -0.159. The summed E-state index contributed by atoms with van der Waals surface area (Å²) in [5.74, 6) is 0.148. The third-order valence-electron chi connectivity index (χ3n) is 3.26. The minimum Gasteiger partial charge on any atom is -0.456 e. The number of anilines is 1. The first-order valence-electron chi connectivity index (χ1n) is 6.77. The van der Waals surface area contributed by atoms with Crippen molar-refractivity contribution < 1.29 is 31.5 Å². The van der Waals surface area contributed by atoms with E-state index in [0.717, 1.165) is 18.2 Å². The van der Waals surface area contributed by atoms with Gasteiger partial charge in [0.2, 0.25) is 0 Å². The standard InChI is InChI=1S/C15H14ClF3NO4P/c1-22-25(21,23-2)14-8-10(4-5-12(14)20)24-13-6-3-9(7-11(13)16)15(17,18)19/h3-8H,20H2,1-2H3. The molecule has 0 atom stereocenters. The van der Waals surface area contributed by atoms with Crippen LogP contribution in [0, 0.1) is 0 Å². The molecule has 0 spiro atoms. The Hall–Kier alpha value is -1.73. The van der Waals surface area contributed by atoms with Crippen LogP contribution in [0.25, 0.3) is 0 Å². The predicted molar refractivity (Wildman–Crippen MR) is 88.6 cm³/mol. The molecule has 0 aromatic heterocycles. The van der Waals surface area contributed by atoms with Gasteiger partial charge in [0, 0.05) is 19.9 Å².